The zero-order valence-corrected chi connectivity index (χ0v) is 15.4. The minimum atomic E-state index is -0.614. The number of fused-ring (bicyclic) bond motifs is 1. The number of anilines is 1. The third-order valence-corrected chi connectivity index (χ3v) is 4.65. The number of hydrogen-bond donors (Lipinski definition) is 3. The Morgan fingerprint density at radius 3 is 2.75 bits per heavy atom. The molecule has 0 fully saturated rings. The van der Waals surface area contributed by atoms with E-state index in [4.69, 9.17) is 10.5 Å². The van der Waals surface area contributed by atoms with Crippen LogP contribution in [0, 0.1) is 0 Å². The van der Waals surface area contributed by atoms with Gasteiger partial charge < -0.3 is 20.9 Å². The molecule has 1 amide bonds. The number of benzene rings is 2. The number of aromatic hydroxyl groups is 1. The molecule has 1 unspecified atom stereocenters. The molecule has 0 saturated carbocycles. The van der Waals surface area contributed by atoms with Crippen LogP contribution >= 0.6 is 0 Å². The summed E-state index contributed by atoms with van der Waals surface area (Å²) < 4.78 is 7.01. The quantitative estimate of drug-likeness (QED) is 0.643. The van der Waals surface area contributed by atoms with Crippen molar-refractivity contribution < 1.29 is 14.6 Å². The third kappa shape index (κ3) is 2.84. The van der Waals surface area contributed by atoms with E-state index >= 15 is 0 Å². The molecule has 1 aromatic heterocycles. The average molecular weight is 377 g/mol. The van der Waals surface area contributed by atoms with Crippen LogP contribution in [0.25, 0.3) is 11.4 Å². The van der Waals surface area contributed by atoms with Gasteiger partial charge in [0.15, 0.2) is 5.82 Å². The van der Waals surface area contributed by atoms with Crippen molar-refractivity contribution in [2.75, 3.05) is 12.4 Å². The van der Waals surface area contributed by atoms with E-state index in [9.17, 15) is 9.90 Å². The zero-order valence-electron chi connectivity index (χ0n) is 15.4. The molecule has 2 heterocycles. The number of carbonyl (C=O) groups excluding carboxylic acids is 1. The molecule has 142 valence electrons. The maximum atomic E-state index is 12.2. The van der Waals surface area contributed by atoms with Crippen molar-refractivity contribution >= 4 is 11.9 Å². The monoisotopic (exact) mass is 377 g/mol. The molecule has 0 bridgehead atoms. The molecule has 0 saturated heterocycles. The van der Waals surface area contributed by atoms with Gasteiger partial charge in [0.05, 0.1) is 18.2 Å². The second kappa shape index (κ2) is 6.73. The van der Waals surface area contributed by atoms with E-state index in [0.29, 0.717) is 34.4 Å². The number of para-hydroxylation sites is 1. The number of amides is 1. The SMILES string of the molecule is COc1ccccc1-c1nc2n(n1)C(c1cccc(O)c1)C(C(N)=O)=C(C)N2. The summed E-state index contributed by atoms with van der Waals surface area (Å²) in [7, 11) is 1.58. The summed E-state index contributed by atoms with van der Waals surface area (Å²) in [4.78, 5) is 16.8. The first-order valence-electron chi connectivity index (χ1n) is 8.66. The van der Waals surface area contributed by atoms with Crippen LogP contribution in [-0.2, 0) is 4.79 Å². The van der Waals surface area contributed by atoms with E-state index in [2.05, 4.69) is 15.4 Å². The van der Waals surface area contributed by atoms with E-state index in [1.54, 1.807) is 43.0 Å². The van der Waals surface area contributed by atoms with E-state index in [0.717, 1.165) is 5.56 Å². The van der Waals surface area contributed by atoms with Crippen molar-refractivity contribution in [1.82, 2.24) is 14.8 Å². The van der Waals surface area contributed by atoms with Crippen molar-refractivity contribution in [2.45, 2.75) is 13.0 Å². The van der Waals surface area contributed by atoms with Gasteiger partial charge in [-0.1, -0.05) is 24.3 Å². The van der Waals surface area contributed by atoms with Crippen molar-refractivity contribution in [3.63, 3.8) is 0 Å². The van der Waals surface area contributed by atoms with Gasteiger partial charge in [0.2, 0.25) is 11.9 Å². The molecule has 8 nitrogen and oxygen atoms in total. The minimum Gasteiger partial charge on any atom is -0.508 e. The van der Waals surface area contributed by atoms with Crippen LogP contribution in [0.15, 0.2) is 59.8 Å². The number of nitrogens with two attached hydrogens (primary N) is 1. The number of carbonyl (C=O) groups is 1. The van der Waals surface area contributed by atoms with Gasteiger partial charge in [-0.3, -0.25) is 4.79 Å². The molecule has 2 aromatic carbocycles. The lowest BCUT2D eigenvalue weighted by molar-refractivity contribution is -0.115. The Kier molecular flexibility index (Phi) is 4.23. The van der Waals surface area contributed by atoms with Crippen LogP contribution in [0.5, 0.6) is 11.5 Å². The molecule has 0 spiro atoms. The molecule has 4 N–H and O–H groups in total. The highest BCUT2D eigenvalue weighted by atomic mass is 16.5. The van der Waals surface area contributed by atoms with Crippen LogP contribution in [0.4, 0.5) is 5.95 Å². The second-order valence-corrected chi connectivity index (χ2v) is 6.43. The van der Waals surface area contributed by atoms with Gasteiger partial charge in [-0.05, 0) is 36.8 Å². The molecule has 1 aliphatic rings. The summed E-state index contributed by atoms with van der Waals surface area (Å²) in [5.74, 6) is 1.07. The number of nitrogens with one attached hydrogen (secondary N) is 1. The molecule has 1 aliphatic heterocycles. The lowest BCUT2D eigenvalue weighted by Gasteiger charge is -2.27. The number of hydrogen-bond acceptors (Lipinski definition) is 6. The van der Waals surface area contributed by atoms with Crippen LogP contribution < -0.4 is 15.8 Å². The van der Waals surface area contributed by atoms with Gasteiger partial charge in [0, 0.05) is 5.70 Å². The Labute approximate surface area is 161 Å². The first kappa shape index (κ1) is 17.6. The molecule has 28 heavy (non-hydrogen) atoms. The molecule has 8 heteroatoms. The first-order valence-corrected chi connectivity index (χ1v) is 8.66. The fourth-order valence-corrected chi connectivity index (χ4v) is 3.42. The van der Waals surface area contributed by atoms with Gasteiger partial charge in [-0.15, -0.1) is 5.10 Å². The number of methoxy groups -OCH3 is 1. The summed E-state index contributed by atoms with van der Waals surface area (Å²) >= 11 is 0. The number of phenols is 1. The lowest BCUT2D eigenvalue weighted by Crippen LogP contribution is -2.31. The van der Waals surface area contributed by atoms with E-state index in [1.165, 1.54) is 0 Å². The predicted molar refractivity (Wildman–Crippen MR) is 104 cm³/mol. The fourth-order valence-electron chi connectivity index (χ4n) is 3.42. The van der Waals surface area contributed by atoms with Gasteiger partial charge in [0.1, 0.15) is 17.5 Å². The van der Waals surface area contributed by atoms with Gasteiger partial charge in [-0.2, -0.15) is 4.98 Å². The number of phenolic OH excluding ortho intramolecular Hbond substituents is 1. The number of primary amides is 1. The summed E-state index contributed by atoms with van der Waals surface area (Å²) in [5.41, 5.74) is 8.01. The van der Waals surface area contributed by atoms with Crippen LogP contribution in [0.1, 0.15) is 18.5 Å². The largest absolute Gasteiger partial charge is 0.508 e. The number of allylic oxidation sites excluding steroid dienone is 1. The zero-order chi connectivity index (χ0) is 19.8. The van der Waals surface area contributed by atoms with Crippen molar-refractivity contribution in [1.29, 1.82) is 0 Å². The Bertz CT molecular complexity index is 1100. The maximum absolute atomic E-state index is 12.2. The van der Waals surface area contributed by atoms with Crippen molar-refractivity contribution in [2.24, 2.45) is 5.73 Å². The number of rotatable bonds is 4. The highest BCUT2D eigenvalue weighted by molar-refractivity contribution is 5.95. The summed E-state index contributed by atoms with van der Waals surface area (Å²) in [6.07, 6.45) is 0. The van der Waals surface area contributed by atoms with Crippen LogP contribution in [0.2, 0.25) is 0 Å². The minimum absolute atomic E-state index is 0.0872. The van der Waals surface area contributed by atoms with Crippen LogP contribution in [0.3, 0.4) is 0 Å². The molecular formula is C20H19N5O3. The molecule has 1 atom stereocenters. The van der Waals surface area contributed by atoms with Gasteiger partial charge >= 0.3 is 0 Å². The second-order valence-electron chi connectivity index (χ2n) is 6.43. The first-order chi connectivity index (χ1) is 13.5. The summed E-state index contributed by atoms with van der Waals surface area (Å²) in [6.45, 7) is 1.76. The number of ether oxygens (including phenoxy) is 1. The molecule has 0 radical (unpaired) electrons. The Morgan fingerprint density at radius 1 is 1.25 bits per heavy atom. The highest BCUT2D eigenvalue weighted by Crippen LogP contribution is 2.38. The Balaban J connectivity index is 1.91. The Hall–Kier alpha value is -3.81. The molecule has 4 rings (SSSR count). The van der Waals surface area contributed by atoms with Crippen molar-refractivity contribution in [3.8, 4) is 22.9 Å². The Morgan fingerprint density at radius 2 is 2.04 bits per heavy atom. The molecule has 3 aromatic rings. The molecule has 0 aliphatic carbocycles. The third-order valence-electron chi connectivity index (χ3n) is 4.65. The highest BCUT2D eigenvalue weighted by Gasteiger charge is 2.33. The van der Waals surface area contributed by atoms with Crippen LogP contribution in [-0.4, -0.2) is 32.9 Å². The van der Waals surface area contributed by atoms with E-state index < -0.39 is 11.9 Å². The van der Waals surface area contributed by atoms with E-state index in [1.807, 2.05) is 24.3 Å². The molecular weight excluding hydrogens is 358 g/mol. The summed E-state index contributed by atoms with van der Waals surface area (Å²) in [5, 5.41) is 17.6. The predicted octanol–water partition coefficient (Wildman–Crippen LogP) is 2.43. The lowest BCUT2D eigenvalue weighted by atomic mass is 9.95. The fraction of sp³-hybridized carbons (Fsp3) is 0.150. The standard InChI is InChI=1S/C20H19N5O3/c1-11-16(18(21)27)17(12-6-5-7-13(26)10-12)25-20(22-11)23-19(24-25)14-8-3-4-9-15(14)28-2/h3-10,17,26H,1-2H3,(H2,21,27)(H,22,23,24). The maximum Gasteiger partial charge on any atom is 0.248 e. The van der Waals surface area contributed by atoms with Gasteiger partial charge in [-0.25, -0.2) is 4.68 Å². The summed E-state index contributed by atoms with van der Waals surface area (Å²) in [6, 6.07) is 13.5. The number of nitrogens with zero attached hydrogens (tertiary/aromatic N) is 3. The smallest absolute Gasteiger partial charge is 0.248 e. The average Bonchev–Trinajstić information content (AvgIpc) is 3.09. The normalized spacial score (nSPS) is 15.7. The topological polar surface area (TPSA) is 115 Å². The van der Waals surface area contributed by atoms with E-state index in [-0.39, 0.29) is 5.75 Å². The van der Waals surface area contributed by atoms with Crippen molar-refractivity contribution in [3.05, 3.63) is 65.4 Å². The number of aromatic nitrogens is 3. The van der Waals surface area contributed by atoms with Gasteiger partial charge in [0.25, 0.3) is 0 Å².